The highest BCUT2D eigenvalue weighted by molar-refractivity contribution is 5.99. The molecule has 0 spiro atoms. The van der Waals surface area contributed by atoms with Crippen LogP contribution in [0.15, 0.2) is 12.2 Å². The first-order chi connectivity index (χ1) is 13.9. The largest absolute Gasteiger partial charge is 0.444 e. The van der Waals surface area contributed by atoms with Crippen molar-refractivity contribution in [3.05, 3.63) is 12.2 Å². The lowest BCUT2D eigenvalue weighted by Gasteiger charge is -2.50. The highest BCUT2D eigenvalue weighted by atomic mass is 16.6. The van der Waals surface area contributed by atoms with Gasteiger partial charge in [0, 0.05) is 38.8 Å². The van der Waals surface area contributed by atoms with Crippen LogP contribution in [-0.2, 0) is 19.1 Å². The average molecular weight is 420 g/mol. The van der Waals surface area contributed by atoms with Crippen LogP contribution in [0.1, 0.15) is 73.6 Å². The number of terminal acetylenes is 1. The molecule has 6 nitrogen and oxygen atoms in total. The fraction of sp³-hybridized carbons (Fsp3) is 0.708. The van der Waals surface area contributed by atoms with Crippen LogP contribution in [0.3, 0.4) is 0 Å². The van der Waals surface area contributed by atoms with Crippen LogP contribution in [0, 0.1) is 18.3 Å². The van der Waals surface area contributed by atoms with Gasteiger partial charge in [-0.25, -0.2) is 4.79 Å². The summed E-state index contributed by atoms with van der Waals surface area (Å²) >= 11 is 0. The average Bonchev–Trinajstić information content (AvgIpc) is 3.00. The summed E-state index contributed by atoms with van der Waals surface area (Å²) in [6.07, 6.45) is 10.1. The van der Waals surface area contributed by atoms with Gasteiger partial charge in [0.25, 0.3) is 0 Å². The normalized spacial score (nSPS) is 22.6. The van der Waals surface area contributed by atoms with Crippen molar-refractivity contribution in [3.8, 4) is 12.3 Å². The van der Waals surface area contributed by atoms with Crippen LogP contribution in [0.4, 0.5) is 4.79 Å². The van der Waals surface area contributed by atoms with Crippen LogP contribution in [0.5, 0.6) is 0 Å². The number of carbonyl (C=O) groups is 3. The minimum absolute atomic E-state index is 0.0631. The van der Waals surface area contributed by atoms with Crippen LogP contribution in [-0.4, -0.2) is 53.0 Å². The number of hydrogen-bond acceptors (Lipinski definition) is 5. The number of hydrogen-bond donors (Lipinski definition) is 0. The minimum atomic E-state index is -1.44. The summed E-state index contributed by atoms with van der Waals surface area (Å²) in [6.45, 7) is 11.0. The maximum atomic E-state index is 13.4. The first kappa shape index (κ1) is 25.9. The molecule has 1 unspecified atom stereocenters. The van der Waals surface area contributed by atoms with Gasteiger partial charge in [0.05, 0.1) is 0 Å². The van der Waals surface area contributed by atoms with Gasteiger partial charge in [0.2, 0.25) is 0 Å². The van der Waals surface area contributed by atoms with Gasteiger partial charge in [0.1, 0.15) is 17.0 Å². The molecule has 168 valence electrons. The Morgan fingerprint density at radius 1 is 1.33 bits per heavy atom. The lowest BCUT2D eigenvalue weighted by Crippen LogP contribution is -2.68. The molecular formula is C24H37NO5. The van der Waals surface area contributed by atoms with Gasteiger partial charge in [-0.3, -0.25) is 14.5 Å². The predicted octanol–water partition coefficient (Wildman–Crippen LogP) is 4.32. The molecule has 1 heterocycles. The molecule has 0 aromatic heterocycles. The van der Waals surface area contributed by atoms with Crippen molar-refractivity contribution in [2.75, 3.05) is 13.7 Å². The Kier molecular flexibility index (Phi) is 8.86. The zero-order chi connectivity index (χ0) is 23.2. The van der Waals surface area contributed by atoms with Gasteiger partial charge >= 0.3 is 6.09 Å². The molecule has 1 rings (SSSR count). The van der Waals surface area contributed by atoms with Crippen molar-refractivity contribution in [1.82, 2.24) is 4.90 Å². The number of likely N-dealkylation sites (tertiary alicyclic amines) is 1. The third-order valence-electron chi connectivity index (χ3n) is 5.76. The number of Topliss-reactive ketones (excluding diaryl/α,β-unsaturated/α-hetero) is 2. The number of allylic oxidation sites excluding steroid dienone is 1. The van der Waals surface area contributed by atoms with Gasteiger partial charge in [-0.05, 0) is 41.0 Å². The molecule has 0 bridgehead atoms. The number of ketones is 2. The molecule has 1 aliphatic heterocycles. The molecule has 0 aromatic rings. The van der Waals surface area contributed by atoms with Gasteiger partial charge < -0.3 is 9.47 Å². The number of ether oxygens (including phenoxy) is 2. The molecule has 0 aromatic carbocycles. The Hall–Kier alpha value is -2.13. The molecule has 1 aliphatic rings. The van der Waals surface area contributed by atoms with E-state index in [1.54, 1.807) is 46.8 Å². The number of nitrogens with zero attached hydrogens (tertiary/aromatic N) is 1. The Morgan fingerprint density at radius 2 is 1.97 bits per heavy atom. The molecule has 0 radical (unpaired) electrons. The van der Waals surface area contributed by atoms with Crippen molar-refractivity contribution >= 4 is 17.7 Å². The third-order valence-corrected chi connectivity index (χ3v) is 5.76. The van der Waals surface area contributed by atoms with Crippen LogP contribution in [0.2, 0.25) is 0 Å². The van der Waals surface area contributed by atoms with Gasteiger partial charge in [-0.1, -0.05) is 25.5 Å². The highest BCUT2D eigenvalue weighted by Gasteiger charge is 2.64. The van der Waals surface area contributed by atoms with Gasteiger partial charge in [-0.15, -0.1) is 12.3 Å². The highest BCUT2D eigenvalue weighted by Crippen LogP contribution is 2.46. The Balaban J connectivity index is 3.64. The molecule has 0 saturated carbocycles. The van der Waals surface area contributed by atoms with E-state index in [4.69, 9.17) is 15.9 Å². The van der Waals surface area contributed by atoms with Gasteiger partial charge in [0.15, 0.2) is 11.3 Å². The van der Waals surface area contributed by atoms with Crippen molar-refractivity contribution in [3.63, 3.8) is 0 Å². The maximum Gasteiger partial charge on any atom is 0.411 e. The molecule has 3 atom stereocenters. The second kappa shape index (κ2) is 10.3. The standard InChI is InChI=1S/C24H37NO5/c1-9-12-14-19(26)18(13-10-2)23(7,29-8)24(16-11-3)20(27)15-17-25(24)21(28)30-22(4,5)6/h1,11,16,18H,10,12-15,17H2,2-8H3/b16-11-/t18-,23?,24+/m1/s1. The van der Waals surface area contributed by atoms with Gasteiger partial charge in [-0.2, -0.15) is 0 Å². The summed E-state index contributed by atoms with van der Waals surface area (Å²) in [4.78, 5) is 41.1. The third kappa shape index (κ3) is 4.95. The second-order valence-electron chi connectivity index (χ2n) is 8.89. The zero-order valence-corrected chi connectivity index (χ0v) is 19.5. The van der Waals surface area contributed by atoms with Crippen molar-refractivity contribution in [1.29, 1.82) is 0 Å². The van der Waals surface area contributed by atoms with E-state index in [0.717, 1.165) is 6.42 Å². The van der Waals surface area contributed by atoms with Crippen LogP contribution >= 0.6 is 0 Å². The summed E-state index contributed by atoms with van der Waals surface area (Å²) in [5.41, 5.74) is -3.44. The van der Waals surface area contributed by atoms with E-state index in [-0.39, 0.29) is 31.0 Å². The second-order valence-corrected chi connectivity index (χ2v) is 8.89. The molecule has 0 aliphatic carbocycles. The Bertz CT molecular complexity index is 714. The van der Waals surface area contributed by atoms with E-state index in [2.05, 4.69) is 5.92 Å². The predicted molar refractivity (Wildman–Crippen MR) is 117 cm³/mol. The van der Waals surface area contributed by atoms with Crippen molar-refractivity contribution < 1.29 is 23.9 Å². The number of methoxy groups -OCH3 is 1. The Morgan fingerprint density at radius 3 is 2.43 bits per heavy atom. The maximum absolute atomic E-state index is 13.4. The number of rotatable bonds is 9. The fourth-order valence-electron chi connectivity index (χ4n) is 4.38. The summed E-state index contributed by atoms with van der Waals surface area (Å²) in [7, 11) is 1.49. The molecule has 1 saturated heterocycles. The summed E-state index contributed by atoms with van der Waals surface area (Å²) in [5.74, 6) is 1.67. The molecular weight excluding hydrogens is 382 g/mol. The van der Waals surface area contributed by atoms with E-state index in [1.165, 1.54) is 12.0 Å². The Labute approximate surface area is 181 Å². The molecule has 1 amide bonds. The molecule has 6 heteroatoms. The van der Waals surface area contributed by atoms with Crippen molar-refractivity contribution in [2.24, 2.45) is 5.92 Å². The first-order valence-electron chi connectivity index (χ1n) is 10.6. The number of carbonyl (C=O) groups excluding carboxylic acids is 3. The number of amides is 1. The first-order valence-corrected chi connectivity index (χ1v) is 10.6. The molecule has 30 heavy (non-hydrogen) atoms. The summed E-state index contributed by atoms with van der Waals surface area (Å²) in [6, 6.07) is 0. The van der Waals surface area contributed by atoms with E-state index in [0.29, 0.717) is 12.8 Å². The lowest BCUT2D eigenvalue weighted by atomic mass is 9.66. The van der Waals surface area contributed by atoms with Crippen LogP contribution in [0.25, 0.3) is 0 Å². The fourth-order valence-corrected chi connectivity index (χ4v) is 4.38. The minimum Gasteiger partial charge on any atom is -0.444 e. The molecule has 0 N–H and O–H groups in total. The zero-order valence-electron chi connectivity index (χ0n) is 19.5. The smallest absolute Gasteiger partial charge is 0.411 e. The summed E-state index contributed by atoms with van der Waals surface area (Å²) < 4.78 is 11.6. The van der Waals surface area contributed by atoms with Crippen molar-refractivity contribution in [2.45, 2.75) is 90.4 Å². The van der Waals surface area contributed by atoms with E-state index in [9.17, 15) is 14.4 Å². The van der Waals surface area contributed by atoms with E-state index >= 15 is 0 Å². The molecule has 1 fully saturated rings. The monoisotopic (exact) mass is 419 g/mol. The van der Waals surface area contributed by atoms with E-state index in [1.807, 2.05) is 6.92 Å². The lowest BCUT2D eigenvalue weighted by molar-refractivity contribution is -0.160. The topological polar surface area (TPSA) is 72.9 Å². The van der Waals surface area contributed by atoms with E-state index < -0.39 is 28.8 Å². The quantitative estimate of drug-likeness (QED) is 0.411. The SMILES string of the molecule is C#CCCC(=O)[C@@H](CCC)C(C)(OC)[C@]1(/C=C\C)C(=O)CCN1C(=O)OC(C)(C)C. The summed E-state index contributed by atoms with van der Waals surface area (Å²) in [5, 5.41) is 0. The van der Waals surface area contributed by atoms with Crippen LogP contribution < -0.4 is 0 Å².